The molecule has 2 aromatic carbocycles. The van der Waals surface area contributed by atoms with Gasteiger partial charge in [0.1, 0.15) is 5.82 Å². The molecule has 2 aromatic rings. The van der Waals surface area contributed by atoms with Gasteiger partial charge in [-0.05, 0) is 55.3 Å². The molecule has 0 aromatic heterocycles. The van der Waals surface area contributed by atoms with E-state index in [1.807, 2.05) is 0 Å². The zero-order valence-corrected chi connectivity index (χ0v) is 14.9. The molecule has 1 heterocycles. The summed E-state index contributed by atoms with van der Waals surface area (Å²) in [4.78, 5) is 12.2. The molecule has 2 N–H and O–H groups in total. The summed E-state index contributed by atoms with van der Waals surface area (Å²) in [6, 6.07) is 11.9. The first kappa shape index (κ1) is 18.3. The molecule has 0 aliphatic carbocycles. The first-order valence-corrected chi connectivity index (χ1v) is 9.79. The van der Waals surface area contributed by atoms with Gasteiger partial charge in [0.25, 0.3) is 0 Å². The first-order chi connectivity index (χ1) is 12.4. The molecule has 0 unspecified atom stereocenters. The van der Waals surface area contributed by atoms with Crippen LogP contribution in [0.4, 0.5) is 15.8 Å². The summed E-state index contributed by atoms with van der Waals surface area (Å²) in [6.45, 7) is 1.04. The van der Waals surface area contributed by atoms with E-state index in [0.29, 0.717) is 24.5 Å². The lowest BCUT2D eigenvalue weighted by Crippen LogP contribution is -2.28. The van der Waals surface area contributed by atoms with Gasteiger partial charge in [-0.1, -0.05) is 6.07 Å². The summed E-state index contributed by atoms with van der Waals surface area (Å²) >= 11 is 0. The van der Waals surface area contributed by atoms with Gasteiger partial charge < -0.3 is 10.6 Å². The van der Waals surface area contributed by atoms with Gasteiger partial charge >= 0.3 is 0 Å². The summed E-state index contributed by atoms with van der Waals surface area (Å²) in [5, 5.41) is 5.54. The van der Waals surface area contributed by atoms with Crippen molar-refractivity contribution in [2.75, 3.05) is 30.3 Å². The number of carbonyl (C=O) groups excluding carboxylic acids is 1. The molecule has 1 fully saturated rings. The van der Waals surface area contributed by atoms with E-state index in [1.54, 1.807) is 12.1 Å². The second-order valence-electron chi connectivity index (χ2n) is 6.05. The molecule has 6 nitrogen and oxygen atoms in total. The Hall–Kier alpha value is -2.45. The molecule has 8 heteroatoms. The molecule has 0 spiro atoms. The van der Waals surface area contributed by atoms with Crippen molar-refractivity contribution in [3.63, 3.8) is 0 Å². The third kappa shape index (κ3) is 4.39. The van der Waals surface area contributed by atoms with Gasteiger partial charge in [-0.15, -0.1) is 0 Å². The summed E-state index contributed by atoms with van der Waals surface area (Å²) in [7, 11) is -3.53. The van der Waals surface area contributed by atoms with Crippen molar-refractivity contribution in [3.05, 3.63) is 54.3 Å². The number of carbonyl (C=O) groups is 1. The Labute approximate surface area is 152 Å². The van der Waals surface area contributed by atoms with Crippen LogP contribution in [0.15, 0.2) is 53.4 Å². The molecular formula is C18H20FN3O3S. The molecule has 26 heavy (non-hydrogen) atoms. The van der Waals surface area contributed by atoms with Gasteiger partial charge in [0.15, 0.2) is 0 Å². The number of halogens is 1. The van der Waals surface area contributed by atoms with Crippen LogP contribution >= 0.6 is 0 Å². The van der Waals surface area contributed by atoms with Crippen molar-refractivity contribution in [1.29, 1.82) is 0 Å². The van der Waals surface area contributed by atoms with Crippen molar-refractivity contribution in [2.24, 2.45) is 0 Å². The van der Waals surface area contributed by atoms with Gasteiger partial charge in [0.2, 0.25) is 15.9 Å². The van der Waals surface area contributed by atoms with E-state index < -0.39 is 10.0 Å². The van der Waals surface area contributed by atoms with Gasteiger partial charge in [-0.25, -0.2) is 12.8 Å². The summed E-state index contributed by atoms with van der Waals surface area (Å²) in [6.07, 6.45) is 1.73. The van der Waals surface area contributed by atoms with Crippen molar-refractivity contribution < 1.29 is 17.6 Å². The highest BCUT2D eigenvalue weighted by Gasteiger charge is 2.27. The van der Waals surface area contributed by atoms with Gasteiger partial charge in [0.05, 0.1) is 11.4 Å². The highest BCUT2D eigenvalue weighted by Crippen LogP contribution is 2.23. The van der Waals surface area contributed by atoms with Crippen molar-refractivity contribution in [2.45, 2.75) is 17.7 Å². The Morgan fingerprint density at radius 2 is 1.73 bits per heavy atom. The molecule has 0 bridgehead atoms. The lowest BCUT2D eigenvalue weighted by molar-refractivity contribution is -0.114. The van der Waals surface area contributed by atoms with Crippen LogP contribution < -0.4 is 10.6 Å². The molecule has 1 aliphatic rings. The lowest BCUT2D eigenvalue weighted by atomic mass is 10.3. The second-order valence-corrected chi connectivity index (χ2v) is 7.99. The fourth-order valence-corrected chi connectivity index (χ4v) is 4.33. The predicted octanol–water partition coefficient (Wildman–Crippen LogP) is 2.66. The van der Waals surface area contributed by atoms with Crippen LogP contribution in [-0.2, 0) is 14.8 Å². The van der Waals surface area contributed by atoms with E-state index >= 15 is 0 Å². The number of nitrogens with zero attached hydrogens (tertiary/aromatic N) is 1. The number of benzene rings is 2. The summed E-state index contributed by atoms with van der Waals surface area (Å²) < 4.78 is 39.5. The van der Waals surface area contributed by atoms with Crippen molar-refractivity contribution in [1.82, 2.24) is 4.31 Å². The van der Waals surface area contributed by atoms with Gasteiger partial charge in [0, 0.05) is 24.5 Å². The average Bonchev–Trinajstić information content (AvgIpc) is 3.17. The fraction of sp³-hybridized carbons (Fsp3) is 0.278. The number of sulfonamides is 1. The predicted molar refractivity (Wildman–Crippen MR) is 98.0 cm³/mol. The molecule has 0 atom stereocenters. The number of rotatable bonds is 6. The number of nitrogens with one attached hydrogen (secondary N) is 2. The van der Waals surface area contributed by atoms with Crippen LogP contribution in [0.25, 0.3) is 0 Å². The van der Waals surface area contributed by atoms with E-state index in [1.165, 1.54) is 40.7 Å². The number of hydrogen-bond donors (Lipinski definition) is 2. The van der Waals surface area contributed by atoms with Crippen LogP contribution in [0.1, 0.15) is 12.8 Å². The van der Waals surface area contributed by atoms with E-state index in [-0.39, 0.29) is 23.2 Å². The Kier molecular flexibility index (Phi) is 5.53. The zero-order chi connectivity index (χ0) is 18.6. The van der Waals surface area contributed by atoms with Crippen LogP contribution in [0.5, 0.6) is 0 Å². The first-order valence-electron chi connectivity index (χ1n) is 8.35. The average molecular weight is 377 g/mol. The standard InChI is InChI=1S/C18H20FN3O3S/c19-14-6-8-15(9-7-14)20-13-18(23)21-16-4-3-5-17(12-16)26(24,25)22-10-1-2-11-22/h3-9,12,20H,1-2,10-11,13H2,(H,21,23). The molecule has 0 saturated carbocycles. The fourth-order valence-electron chi connectivity index (χ4n) is 2.77. The third-order valence-electron chi connectivity index (χ3n) is 4.12. The lowest BCUT2D eigenvalue weighted by Gasteiger charge is -2.16. The molecule has 1 amide bonds. The Morgan fingerprint density at radius 3 is 2.42 bits per heavy atom. The maximum Gasteiger partial charge on any atom is 0.243 e. The van der Waals surface area contributed by atoms with E-state index in [2.05, 4.69) is 10.6 Å². The minimum Gasteiger partial charge on any atom is -0.376 e. The number of anilines is 2. The zero-order valence-electron chi connectivity index (χ0n) is 14.1. The van der Waals surface area contributed by atoms with Crippen molar-refractivity contribution >= 4 is 27.3 Å². The largest absolute Gasteiger partial charge is 0.376 e. The number of amides is 1. The molecule has 0 radical (unpaired) electrons. The smallest absolute Gasteiger partial charge is 0.243 e. The molecular weight excluding hydrogens is 357 g/mol. The highest BCUT2D eigenvalue weighted by molar-refractivity contribution is 7.89. The van der Waals surface area contributed by atoms with Crippen LogP contribution in [0.3, 0.4) is 0 Å². The molecule has 1 aliphatic heterocycles. The molecule has 138 valence electrons. The quantitative estimate of drug-likeness (QED) is 0.811. The Balaban J connectivity index is 1.62. The monoisotopic (exact) mass is 377 g/mol. The van der Waals surface area contributed by atoms with Gasteiger partial charge in [-0.2, -0.15) is 4.31 Å². The molecule has 1 saturated heterocycles. The maximum absolute atomic E-state index is 12.9. The highest BCUT2D eigenvalue weighted by atomic mass is 32.2. The summed E-state index contributed by atoms with van der Waals surface area (Å²) in [5.74, 6) is -0.680. The van der Waals surface area contributed by atoms with Gasteiger partial charge in [-0.3, -0.25) is 4.79 Å². The van der Waals surface area contributed by atoms with E-state index in [4.69, 9.17) is 0 Å². The molecule has 3 rings (SSSR count). The summed E-state index contributed by atoms with van der Waals surface area (Å²) in [5.41, 5.74) is 1.03. The normalized spacial score (nSPS) is 15.0. The van der Waals surface area contributed by atoms with Crippen LogP contribution in [-0.4, -0.2) is 38.3 Å². The maximum atomic E-state index is 12.9. The van der Waals surface area contributed by atoms with Crippen LogP contribution in [0, 0.1) is 5.82 Å². The third-order valence-corrected chi connectivity index (χ3v) is 6.01. The minimum atomic E-state index is -3.53. The van der Waals surface area contributed by atoms with E-state index in [9.17, 15) is 17.6 Å². The Bertz CT molecular complexity index is 879. The Morgan fingerprint density at radius 1 is 1.04 bits per heavy atom. The topological polar surface area (TPSA) is 78.5 Å². The second kappa shape index (κ2) is 7.84. The SMILES string of the molecule is O=C(CNc1ccc(F)cc1)Nc1cccc(S(=O)(=O)N2CCCC2)c1. The van der Waals surface area contributed by atoms with E-state index in [0.717, 1.165) is 12.8 Å². The minimum absolute atomic E-state index is 0.0191. The van der Waals surface area contributed by atoms with Crippen LogP contribution in [0.2, 0.25) is 0 Å². The van der Waals surface area contributed by atoms with Crippen molar-refractivity contribution in [3.8, 4) is 0 Å². The number of hydrogen-bond acceptors (Lipinski definition) is 4.